The molecule has 28 heavy (non-hydrogen) atoms. The summed E-state index contributed by atoms with van der Waals surface area (Å²) in [5.74, 6) is -0.330. The van der Waals surface area contributed by atoms with Crippen LogP contribution in [-0.2, 0) is 19.1 Å². The smallest absolute Gasteiger partial charge is 0.410 e. The van der Waals surface area contributed by atoms with Crippen LogP contribution >= 0.6 is 0 Å². The standard InChI is InChI=1S/C19H28N4O5/c1-4-16(24)20(3)12-18(26)21-8-6-13(7-9-21)23-14-10-22(17(25)5-2)11-15(14)28-19(23)27/h4,13-15H,1,5-12H2,2-3H3/t14-,15+/m1/s1. The van der Waals surface area contributed by atoms with Gasteiger partial charge in [0, 0.05) is 39.1 Å². The highest BCUT2D eigenvalue weighted by Gasteiger charge is 2.51. The van der Waals surface area contributed by atoms with Crippen LogP contribution < -0.4 is 0 Å². The number of ether oxygens (including phenoxy) is 1. The van der Waals surface area contributed by atoms with Gasteiger partial charge in [-0.25, -0.2) is 4.79 Å². The van der Waals surface area contributed by atoms with Crippen molar-refractivity contribution in [1.82, 2.24) is 19.6 Å². The molecular formula is C19H28N4O5. The molecule has 0 radical (unpaired) electrons. The average molecular weight is 392 g/mol. The van der Waals surface area contributed by atoms with Gasteiger partial charge in [0.05, 0.1) is 19.1 Å². The van der Waals surface area contributed by atoms with E-state index in [0.717, 1.165) is 0 Å². The summed E-state index contributed by atoms with van der Waals surface area (Å²) in [6.45, 7) is 7.28. The fourth-order valence-electron chi connectivity index (χ4n) is 4.24. The first kappa shape index (κ1) is 20.2. The Morgan fingerprint density at radius 3 is 2.46 bits per heavy atom. The molecule has 0 spiro atoms. The van der Waals surface area contributed by atoms with Crippen LogP contribution in [-0.4, -0.2) is 101 Å². The molecule has 3 aliphatic rings. The molecule has 154 valence electrons. The Labute approximate surface area is 164 Å². The minimum Gasteiger partial charge on any atom is -0.442 e. The van der Waals surface area contributed by atoms with E-state index in [4.69, 9.17) is 4.74 Å². The maximum Gasteiger partial charge on any atom is 0.410 e. The first-order valence-corrected chi connectivity index (χ1v) is 9.77. The molecule has 9 nitrogen and oxygen atoms in total. The molecule has 3 fully saturated rings. The number of amides is 4. The quantitative estimate of drug-likeness (QED) is 0.618. The minimum atomic E-state index is -0.320. The van der Waals surface area contributed by atoms with Gasteiger partial charge in [-0.1, -0.05) is 13.5 Å². The van der Waals surface area contributed by atoms with E-state index in [2.05, 4.69) is 6.58 Å². The lowest BCUT2D eigenvalue weighted by Gasteiger charge is -2.38. The predicted octanol–water partition coefficient (Wildman–Crippen LogP) is 0.0634. The van der Waals surface area contributed by atoms with Crippen LogP contribution in [0.1, 0.15) is 26.2 Å². The van der Waals surface area contributed by atoms with Crippen LogP contribution in [0.4, 0.5) is 4.79 Å². The number of carbonyl (C=O) groups excluding carboxylic acids is 4. The number of hydrogen-bond acceptors (Lipinski definition) is 5. The number of fused-ring (bicyclic) bond motifs is 1. The normalized spacial score (nSPS) is 24.8. The Morgan fingerprint density at radius 1 is 1.18 bits per heavy atom. The average Bonchev–Trinajstić information content (AvgIpc) is 3.23. The second-order valence-corrected chi connectivity index (χ2v) is 7.56. The number of carbonyl (C=O) groups is 4. The molecule has 3 saturated heterocycles. The van der Waals surface area contributed by atoms with E-state index in [-0.39, 0.29) is 48.5 Å². The lowest BCUT2D eigenvalue weighted by molar-refractivity contribution is -0.138. The molecule has 0 unspecified atom stereocenters. The van der Waals surface area contributed by atoms with Gasteiger partial charge in [-0.2, -0.15) is 0 Å². The molecule has 9 heteroatoms. The predicted molar refractivity (Wildman–Crippen MR) is 100 cm³/mol. The van der Waals surface area contributed by atoms with E-state index >= 15 is 0 Å². The summed E-state index contributed by atoms with van der Waals surface area (Å²) in [7, 11) is 1.57. The molecule has 0 saturated carbocycles. The minimum absolute atomic E-state index is 0.00392. The van der Waals surface area contributed by atoms with Crippen molar-refractivity contribution in [1.29, 1.82) is 0 Å². The third-order valence-corrected chi connectivity index (χ3v) is 5.85. The molecule has 3 rings (SSSR count). The zero-order valence-electron chi connectivity index (χ0n) is 16.5. The largest absolute Gasteiger partial charge is 0.442 e. The summed E-state index contributed by atoms with van der Waals surface area (Å²) < 4.78 is 5.50. The Kier molecular flexibility index (Phi) is 5.90. The first-order valence-electron chi connectivity index (χ1n) is 9.77. The zero-order valence-corrected chi connectivity index (χ0v) is 16.5. The van der Waals surface area contributed by atoms with Gasteiger partial charge in [0.1, 0.15) is 6.10 Å². The summed E-state index contributed by atoms with van der Waals surface area (Å²) in [5, 5.41) is 0. The highest BCUT2D eigenvalue weighted by Crippen LogP contribution is 2.32. The van der Waals surface area contributed by atoms with Crippen LogP contribution in [0.2, 0.25) is 0 Å². The van der Waals surface area contributed by atoms with Crippen molar-refractivity contribution < 1.29 is 23.9 Å². The molecule has 4 amide bonds. The summed E-state index contributed by atoms with van der Waals surface area (Å²) in [4.78, 5) is 54.9. The van der Waals surface area contributed by atoms with Crippen molar-refractivity contribution in [2.24, 2.45) is 0 Å². The summed E-state index contributed by atoms with van der Waals surface area (Å²) in [5.41, 5.74) is 0. The summed E-state index contributed by atoms with van der Waals surface area (Å²) in [6.07, 6.45) is 2.36. The highest BCUT2D eigenvalue weighted by molar-refractivity contribution is 5.90. The Morgan fingerprint density at radius 2 is 1.86 bits per heavy atom. The second kappa shape index (κ2) is 8.20. The second-order valence-electron chi connectivity index (χ2n) is 7.56. The van der Waals surface area contributed by atoms with Crippen LogP contribution in [0.15, 0.2) is 12.7 Å². The fraction of sp³-hybridized carbons (Fsp3) is 0.684. The van der Waals surface area contributed by atoms with Crippen molar-refractivity contribution >= 4 is 23.8 Å². The van der Waals surface area contributed by atoms with Crippen molar-refractivity contribution in [3.63, 3.8) is 0 Å². The van der Waals surface area contributed by atoms with E-state index < -0.39 is 0 Å². The number of likely N-dealkylation sites (tertiary alicyclic amines) is 2. The number of piperidine rings is 1. The summed E-state index contributed by atoms with van der Waals surface area (Å²) >= 11 is 0. The maximum atomic E-state index is 12.4. The molecule has 0 aromatic heterocycles. The molecule has 0 bridgehead atoms. The van der Waals surface area contributed by atoms with Gasteiger partial charge in [0.25, 0.3) is 0 Å². The number of rotatable bonds is 5. The van der Waals surface area contributed by atoms with Gasteiger partial charge in [-0.15, -0.1) is 0 Å². The van der Waals surface area contributed by atoms with Gasteiger partial charge < -0.3 is 19.4 Å². The molecular weight excluding hydrogens is 364 g/mol. The van der Waals surface area contributed by atoms with Crippen molar-refractivity contribution in [2.75, 3.05) is 39.8 Å². The van der Waals surface area contributed by atoms with Crippen LogP contribution in [0.25, 0.3) is 0 Å². The maximum absolute atomic E-state index is 12.4. The van der Waals surface area contributed by atoms with Crippen LogP contribution in [0.3, 0.4) is 0 Å². The van der Waals surface area contributed by atoms with E-state index in [0.29, 0.717) is 45.4 Å². The van der Waals surface area contributed by atoms with Crippen molar-refractivity contribution in [3.05, 3.63) is 12.7 Å². The molecule has 3 aliphatic heterocycles. The van der Waals surface area contributed by atoms with Crippen molar-refractivity contribution in [3.8, 4) is 0 Å². The third kappa shape index (κ3) is 3.83. The van der Waals surface area contributed by atoms with Gasteiger partial charge in [0.15, 0.2) is 0 Å². The van der Waals surface area contributed by atoms with Crippen molar-refractivity contribution in [2.45, 2.75) is 44.4 Å². The number of nitrogens with zero attached hydrogens (tertiary/aromatic N) is 4. The lowest BCUT2D eigenvalue weighted by atomic mass is 10.0. The lowest BCUT2D eigenvalue weighted by Crippen LogP contribution is -2.52. The molecule has 0 aliphatic carbocycles. The van der Waals surface area contributed by atoms with Crippen LogP contribution in [0, 0.1) is 0 Å². The van der Waals surface area contributed by atoms with E-state index in [1.807, 2.05) is 6.92 Å². The summed E-state index contributed by atoms with van der Waals surface area (Å²) in [6, 6.07) is -0.109. The Hall–Kier alpha value is -2.58. The third-order valence-electron chi connectivity index (χ3n) is 5.85. The molecule has 0 aromatic carbocycles. The SMILES string of the molecule is C=CC(=O)N(C)CC(=O)N1CCC(N2C(=O)O[C@H]3CN(C(=O)CC)C[C@H]32)CC1. The Balaban J connectivity index is 1.55. The van der Waals surface area contributed by atoms with Gasteiger partial charge in [-0.3, -0.25) is 19.3 Å². The molecule has 0 aromatic rings. The van der Waals surface area contributed by atoms with Crippen LogP contribution in [0.5, 0.6) is 0 Å². The monoisotopic (exact) mass is 392 g/mol. The molecule has 0 N–H and O–H groups in total. The van der Waals surface area contributed by atoms with E-state index in [1.54, 1.807) is 21.7 Å². The van der Waals surface area contributed by atoms with E-state index in [9.17, 15) is 19.2 Å². The number of likely N-dealkylation sites (N-methyl/N-ethyl adjacent to an activating group) is 1. The Bertz CT molecular complexity index is 673. The van der Waals surface area contributed by atoms with E-state index in [1.165, 1.54) is 11.0 Å². The van der Waals surface area contributed by atoms with Gasteiger partial charge in [0.2, 0.25) is 17.7 Å². The van der Waals surface area contributed by atoms with Gasteiger partial charge in [-0.05, 0) is 18.9 Å². The van der Waals surface area contributed by atoms with Gasteiger partial charge >= 0.3 is 6.09 Å². The first-order chi connectivity index (χ1) is 13.3. The highest BCUT2D eigenvalue weighted by atomic mass is 16.6. The number of hydrogen-bond donors (Lipinski definition) is 0. The fourth-order valence-corrected chi connectivity index (χ4v) is 4.24. The molecule has 3 heterocycles. The molecule has 2 atom stereocenters. The zero-order chi connectivity index (χ0) is 20.4. The topological polar surface area (TPSA) is 90.5 Å².